The van der Waals surface area contributed by atoms with Crippen LogP contribution in [0.15, 0.2) is 24.4 Å². The van der Waals surface area contributed by atoms with E-state index in [9.17, 15) is 13.6 Å². The minimum absolute atomic E-state index is 0.114. The zero-order valence-electron chi connectivity index (χ0n) is 14.9. The largest absolute Gasteiger partial charge is 0.496 e. The van der Waals surface area contributed by atoms with E-state index in [2.05, 4.69) is 15.0 Å². The molecule has 1 N–H and O–H groups in total. The molecule has 0 bridgehead atoms. The summed E-state index contributed by atoms with van der Waals surface area (Å²) in [5, 5.41) is 2.70. The molecule has 0 spiro atoms. The topological polar surface area (TPSA) is 69.7 Å². The van der Waals surface area contributed by atoms with Crippen LogP contribution in [0.3, 0.4) is 0 Å². The van der Waals surface area contributed by atoms with Crippen LogP contribution in [0.25, 0.3) is 0 Å². The Morgan fingerprint density at radius 2 is 1.92 bits per heavy atom. The molecule has 0 atom stereocenters. The minimum atomic E-state index is -3.02. The first-order valence-electron chi connectivity index (χ1n) is 7.77. The van der Waals surface area contributed by atoms with Crippen molar-refractivity contribution in [3.63, 3.8) is 0 Å². The van der Waals surface area contributed by atoms with E-state index in [1.807, 2.05) is 13.8 Å². The number of carbonyl (C=O) groups is 1. The van der Waals surface area contributed by atoms with Gasteiger partial charge < -0.3 is 19.5 Å². The molecule has 0 aliphatic rings. The third-order valence-electron chi connectivity index (χ3n) is 3.81. The molecule has 8 heteroatoms. The van der Waals surface area contributed by atoms with Gasteiger partial charge >= 0.3 is 6.61 Å². The van der Waals surface area contributed by atoms with E-state index in [0.29, 0.717) is 11.4 Å². The van der Waals surface area contributed by atoms with Crippen LogP contribution in [0.2, 0.25) is 0 Å². The van der Waals surface area contributed by atoms with Gasteiger partial charge in [0, 0.05) is 22.9 Å². The van der Waals surface area contributed by atoms with E-state index in [1.54, 1.807) is 13.3 Å². The van der Waals surface area contributed by atoms with Crippen molar-refractivity contribution in [2.75, 3.05) is 14.2 Å². The normalized spacial score (nSPS) is 10.6. The van der Waals surface area contributed by atoms with Crippen molar-refractivity contribution in [3.05, 3.63) is 46.8 Å². The predicted octanol–water partition coefficient (Wildman–Crippen LogP) is 3.25. The number of benzene rings is 1. The summed E-state index contributed by atoms with van der Waals surface area (Å²) >= 11 is 0. The van der Waals surface area contributed by atoms with E-state index < -0.39 is 12.5 Å². The maximum Gasteiger partial charge on any atom is 0.387 e. The second-order valence-corrected chi connectivity index (χ2v) is 5.47. The van der Waals surface area contributed by atoms with Gasteiger partial charge in [-0.05, 0) is 32.0 Å². The molecule has 140 valence electrons. The number of ether oxygens (including phenoxy) is 3. The molecule has 6 nitrogen and oxygen atoms in total. The van der Waals surface area contributed by atoms with Gasteiger partial charge in [0.05, 0.1) is 26.5 Å². The second-order valence-electron chi connectivity index (χ2n) is 5.47. The van der Waals surface area contributed by atoms with Gasteiger partial charge in [-0.15, -0.1) is 0 Å². The summed E-state index contributed by atoms with van der Waals surface area (Å²) in [6.07, 6.45) is 1.66. The zero-order valence-corrected chi connectivity index (χ0v) is 14.9. The molecule has 0 unspecified atom stereocenters. The molecule has 26 heavy (non-hydrogen) atoms. The number of halogens is 2. The molecule has 0 aliphatic heterocycles. The molecular formula is C18H20F2N2O4. The summed E-state index contributed by atoms with van der Waals surface area (Å²) in [6, 6.07) is 4.06. The average molecular weight is 366 g/mol. The van der Waals surface area contributed by atoms with Crippen LogP contribution in [-0.2, 0) is 6.54 Å². The average Bonchev–Trinajstić information content (AvgIpc) is 2.60. The summed E-state index contributed by atoms with van der Waals surface area (Å²) in [7, 11) is 2.90. The van der Waals surface area contributed by atoms with Crippen molar-refractivity contribution < 1.29 is 27.8 Å². The molecular weight excluding hydrogens is 346 g/mol. The summed E-state index contributed by atoms with van der Waals surface area (Å²) < 4.78 is 39.6. The van der Waals surface area contributed by atoms with Crippen molar-refractivity contribution in [1.29, 1.82) is 0 Å². The lowest BCUT2D eigenvalue weighted by Gasteiger charge is -2.14. The van der Waals surface area contributed by atoms with Gasteiger partial charge in [-0.1, -0.05) is 0 Å². The predicted molar refractivity (Wildman–Crippen MR) is 91.1 cm³/mol. The number of nitrogens with zero attached hydrogens (tertiary/aromatic N) is 1. The first-order valence-corrected chi connectivity index (χ1v) is 7.77. The number of carbonyl (C=O) groups excluding carboxylic acids is 1. The molecule has 0 radical (unpaired) electrons. The van der Waals surface area contributed by atoms with Crippen LogP contribution in [0.1, 0.15) is 27.2 Å². The number of aryl methyl sites for hydroxylation is 1. The highest BCUT2D eigenvalue weighted by Gasteiger charge is 2.15. The molecule has 0 saturated carbocycles. The Kier molecular flexibility index (Phi) is 6.32. The highest BCUT2D eigenvalue weighted by atomic mass is 19.3. The molecule has 1 aromatic heterocycles. The summed E-state index contributed by atoms with van der Waals surface area (Å²) in [6.45, 7) is 0.873. The second kappa shape index (κ2) is 8.46. The van der Waals surface area contributed by atoms with E-state index in [4.69, 9.17) is 9.47 Å². The number of methoxy groups -OCH3 is 2. The maximum atomic E-state index is 12.5. The maximum absolute atomic E-state index is 12.5. The monoisotopic (exact) mass is 366 g/mol. The first kappa shape index (κ1) is 19.4. The van der Waals surface area contributed by atoms with Crippen molar-refractivity contribution in [3.8, 4) is 17.2 Å². The standard InChI is InChI=1S/C18H20F2N2O4/c1-10-8-21-13(11(2)16(10)25-4)9-22-17(23)12-5-6-14(24-3)15(7-12)26-18(19)20/h5-8,18H,9H2,1-4H3,(H,22,23). The molecule has 1 heterocycles. The lowest BCUT2D eigenvalue weighted by atomic mass is 10.1. The van der Waals surface area contributed by atoms with Crippen molar-refractivity contribution in [1.82, 2.24) is 10.3 Å². The number of pyridine rings is 1. The van der Waals surface area contributed by atoms with Crippen molar-refractivity contribution in [2.24, 2.45) is 0 Å². The Bertz CT molecular complexity index is 797. The fourth-order valence-electron chi connectivity index (χ4n) is 2.52. The minimum Gasteiger partial charge on any atom is -0.496 e. The third-order valence-corrected chi connectivity index (χ3v) is 3.81. The van der Waals surface area contributed by atoms with Crippen LogP contribution in [0.5, 0.6) is 17.2 Å². The van der Waals surface area contributed by atoms with E-state index in [1.165, 1.54) is 25.3 Å². The van der Waals surface area contributed by atoms with Crippen molar-refractivity contribution >= 4 is 5.91 Å². The lowest BCUT2D eigenvalue weighted by Crippen LogP contribution is -2.24. The number of rotatable bonds is 7. The Labute approximate surface area is 150 Å². The number of aromatic nitrogens is 1. The SMILES string of the molecule is COc1ccc(C(=O)NCc2ncc(C)c(OC)c2C)cc1OC(F)F. The number of hydrogen-bond donors (Lipinski definition) is 1. The number of hydrogen-bond acceptors (Lipinski definition) is 5. The molecule has 2 aromatic rings. The quantitative estimate of drug-likeness (QED) is 0.815. The van der Waals surface area contributed by atoms with Crippen LogP contribution < -0.4 is 19.5 Å². The Hall–Kier alpha value is -2.90. The third kappa shape index (κ3) is 4.38. The number of nitrogens with one attached hydrogen (secondary N) is 1. The number of amides is 1. The molecule has 1 amide bonds. The highest BCUT2D eigenvalue weighted by molar-refractivity contribution is 5.94. The van der Waals surface area contributed by atoms with E-state index >= 15 is 0 Å². The van der Waals surface area contributed by atoms with E-state index in [-0.39, 0.29) is 23.6 Å². The van der Waals surface area contributed by atoms with Gasteiger partial charge in [0.25, 0.3) is 5.91 Å². The van der Waals surface area contributed by atoms with Gasteiger partial charge in [-0.2, -0.15) is 8.78 Å². The molecule has 2 rings (SSSR count). The molecule has 0 saturated heterocycles. The molecule has 1 aromatic carbocycles. The van der Waals surface area contributed by atoms with Gasteiger partial charge in [0.1, 0.15) is 5.75 Å². The smallest absolute Gasteiger partial charge is 0.387 e. The summed E-state index contributed by atoms with van der Waals surface area (Å²) in [4.78, 5) is 16.6. The fourth-order valence-corrected chi connectivity index (χ4v) is 2.52. The van der Waals surface area contributed by atoms with Crippen LogP contribution >= 0.6 is 0 Å². The first-order chi connectivity index (χ1) is 12.4. The van der Waals surface area contributed by atoms with Crippen LogP contribution in [0.4, 0.5) is 8.78 Å². The van der Waals surface area contributed by atoms with Gasteiger partial charge in [-0.3, -0.25) is 9.78 Å². The summed E-state index contributed by atoms with van der Waals surface area (Å²) in [5.74, 6) is 0.165. The van der Waals surface area contributed by atoms with Gasteiger partial charge in [-0.25, -0.2) is 0 Å². The van der Waals surface area contributed by atoms with Crippen LogP contribution in [-0.4, -0.2) is 31.7 Å². The van der Waals surface area contributed by atoms with E-state index in [0.717, 1.165) is 11.1 Å². The molecule has 0 fully saturated rings. The lowest BCUT2D eigenvalue weighted by molar-refractivity contribution is -0.0512. The Morgan fingerprint density at radius 1 is 1.19 bits per heavy atom. The highest BCUT2D eigenvalue weighted by Crippen LogP contribution is 2.29. The fraction of sp³-hybridized carbons (Fsp3) is 0.333. The van der Waals surface area contributed by atoms with Gasteiger partial charge in [0.2, 0.25) is 0 Å². The Morgan fingerprint density at radius 3 is 2.54 bits per heavy atom. The van der Waals surface area contributed by atoms with Gasteiger partial charge in [0.15, 0.2) is 11.5 Å². The zero-order chi connectivity index (χ0) is 19.3. The number of alkyl halides is 2. The van der Waals surface area contributed by atoms with Crippen molar-refractivity contribution in [2.45, 2.75) is 27.0 Å². The van der Waals surface area contributed by atoms with Crippen LogP contribution in [0, 0.1) is 13.8 Å². The summed E-state index contributed by atoms with van der Waals surface area (Å²) in [5.41, 5.74) is 2.53. The molecule has 0 aliphatic carbocycles. The Balaban J connectivity index is 2.16.